The van der Waals surface area contributed by atoms with Crippen LogP contribution in [0.25, 0.3) is 10.9 Å². The maximum Gasteiger partial charge on any atom is 0.143 e. The van der Waals surface area contributed by atoms with Gasteiger partial charge in [0.2, 0.25) is 0 Å². The molecular formula is C13H17NO. The van der Waals surface area contributed by atoms with E-state index in [0.29, 0.717) is 0 Å². The van der Waals surface area contributed by atoms with E-state index in [1.54, 1.807) is 7.11 Å². The number of methoxy groups -OCH3 is 1. The first-order chi connectivity index (χ1) is 7.36. The van der Waals surface area contributed by atoms with Crippen molar-refractivity contribution in [3.63, 3.8) is 0 Å². The molecule has 0 saturated heterocycles. The first kappa shape index (κ1) is 10.1. The van der Waals surface area contributed by atoms with Gasteiger partial charge in [0.15, 0.2) is 0 Å². The molecule has 2 rings (SSSR count). The Morgan fingerprint density at radius 1 is 1.27 bits per heavy atom. The van der Waals surface area contributed by atoms with Gasteiger partial charge in [0.1, 0.15) is 5.75 Å². The Balaban J connectivity index is 2.46. The van der Waals surface area contributed by atoms with Crippen LogP contribution in [0, 0.1) is 0 Å². The molecule has 2 heteroatoms. The van der Waals surface area contributed by atoms with Crippen LogP contribution in [0.1, 0.15) is 19.8 Å². The molecule has 0 radical (unpaired) electrons. The third-order valence-corrected chi connectivity index (χ3v) is 2.72. The van der Waals surface area contributed by atoms with Crippen molar-refractivity contribution in [3.05, 3.63) is 30.5 Å². The Bertz CT molecular complexity index is 445. The van der Waals surface area contributed by atoms with Crippen LogP contribution in [0.2, 0.25) is 0 Å². The highest BCUT2D eigenvalue weighted by Gasteiger charge is 2.05. The lowest BCUT2D eigenvalue weighted by Gasteiger charge is -2.08. The molecule has 15 heavy (non-hydrogen) atoms. The van der Waals surface area contributed by atoms with E-state index in [0.717, 1.165) is 12.3 Å². The van der Waals surface area contributed by atoms with Gasteiger partial charge in [0, 0.05) is 18.1 Å². The van der Waals surface area contributed by atoms with Crippen LogP contribution in [0.3, 0.4) is 0 Å². The van der Waals surface area contributed by atoms with Crippen LogP contribution in [-0.4, -0.2) is 11.7 Å². The van der Waals surface area contributed by atoms with E-state index >= 15 is 0 Å². The van der Waals surface area contributed by atoms with Crippen LogP contribution in [0.4, 0.5) is 0 Å². The summed E-state index contributed by atoms with van der Waals surface area (Å²) >= 11 is 0. The van der Waals surface area contributed by atoms with Gasteiger partial charge >= 0.3 is 0 Å². The van der Waals surface area contributed by atoms with Crippen LogP contribution in [-0.2, 0) is 6.54 Å². The van der Waals surface area contributed by atoms with Gasteiger partial charge in [0.05, 0.1) is 12.6 Å². The molecule has 0 bridgehead atoms. The molecule has 0 spiro atoms. The summed E-state index contributed by atoms with van der Waals surface area (Å²) in [5.74, 6) is 0.966. The van der Waals surface area contributed by atoms with Crippen LogP contribution in [0.15, 0.2) is 30.5 Å². The van der Waals surface area contributed by atoms with Crippen molar-refractivity contribution in [1.82, 2.24) is 4.57 Å². The lowest BCUT2D eigenvalue weighted by molar-refractivity contribution is 0.417. The number of para-hydroxylation sites is 1. The lowest BCUT2D eigenvalue weighted by Crippen LogP contribution is -1.97. The van der Waals surface area contributed by atoms with Crippen LogP contribution in [0.5, 0.6) is 5.75 Å². The maximum absolute atomic E-state index is 5.39. The zero-order chi connectivity index (χ0) is 10.7. The molecule has 1 aromatic carbocycles. The van der Waals surface area contributed by atoms with E-state index in [9.17, 15) is 0 Å². The van der Waals surface area contributed by atoms with Crippen molar-refractivity contribution in [3.8, 4) is 5.75 Å². The summed E-state index contributed by atoms with van der Waals surface area (Å²) in [6.45, 7) is 3.28. The number of unbranched alkanes of at least 4 members (excludes halogenated alkanes) is 1. The number of hydrogen-bond acceptors (Lipinski definition) is 1. The molecule has 0 aliphatic carbocycles. The summed E-state index contributed by atoms with van der Waals surface area (Å²) in [5.41, 5.74) is 1.22. The number of aryl methyl sites for hydroxylation is 1. The predicted molar refractivity (Wildman–Crippen MR) is 63.4 cm³/mol. The molecular weight excluding hydrogens is 186 g/mol. The maximum atomic E-state index is 5.39. The van der Waals surface area contributed by atoms with E-state index in [1.165, 1.54) is 23.7 Å². The largest absolute Gasteiger partial charge is 0.495 e. The summed E-state index contributed by atoms with van der Waals surface area (Å²) in [6.07, 6.45) is 4.57. The Morgan fingerprint density at radius 3 is 2.87 bits per heavy atom. The average Bonchev–Trinajstić information content (AvgIpc) is 2.69. The fraction of sp³-hybridized carbons (Fsp3) is 0.385. The summed E-state index contributed by atoms with van der Waals surface area (Å²) in [6, 6.07) is 8.32. The zero-order valence-electron chi connectivity index (χ0n) is 9.36. The summed E-state index contributed by atoms with van der Waals surface area (Å²) in [7, 11) is 1.73. The molecule has 80 valence electrons. The highest BCUT2D eigenvalue weighted by atomic mass is 16.5. The van der Waals surface area contributed by atoms with Crippen molar-refractivity contribution >= 4 is 10.9 Å². The van der Waals surface area contributed by atoms with Gasteiger partial charge in [-0.15, -0.1) is 0 Å². The third kappa shape index (κ3) is 1.84. The fourth-order valence-electron chi connectivity index (χ4n) is 1.91. The van der Waals surface area contributed by atoms with Crippen molar-refractivity contribution < 1.29 is 4.74 Å². The first-order valence-corrected chi connectivity index (χ1v) is 5.48. The van der Waals surface area contributed by atoms with E-state index in [-0.39, 0.29) is 0 Å². The second kappa shape index (κ2) is 4.39. The summed E-state index contributed by atoms with van der Waals surface area (Å²) in [4.78, 5) is 0. The molecule has 0 saturated carbocycles. The number of ether oxygens (including phenoxy) is 1. The Kier molecular flexibility index (Phi) is 2.95. The molecule has 0 amide bonds. The van der Waals surface area contributed by atoms with Gasteiger partial charge in [-0.3, -0.25) is 0 Å². The summed E-state index contributed by atoms with van der Waals surface area (Å²) < 4.78 is 7.66. The van der Waals surface area contributed by atoms with Crippen LogP contribution < -0.4 is 4.74 Å². The number of hydrogen-bond donors (Lipinski definition) is 0. The monoisotopic (exact) mass is 203 g/mol. The van der Waals surface area contributed by atoms with Gasteiger partial charge in [-0.25, -0.2) is 0 Å². The molecule has 0 N–H and O–H groups in total. The lowest BCUT2D eigenvalue weighted by atomic mass is 10.2. The van der Waals surface area contributed by atoms with Crippen molar-refractivity contribution in [2.75, 3.05) is 7.11 Å². The fourth-order valence-corrected chi connectivity index (χ4v) is 1.91. The minimum absolute atomic E-state index is 0.966. The molecule has 1 aromatic heterocycles. The zero-order valence-corrected chi connectivity index (χ0v) is 9.36. The minimum Gasteiger partial charge on any atom is -0.495 e. The number of benzene rings is 1. The topological polar surface area (TPSA) is 14.2 Å². The first-order valence-electron chi connectivity index (χ1n) is 5.48. The second-order valence-corrected chi connectivity index (χ2v) is 3.76. The van der Waals surface area contributed by atoms with Crippen molar-refractivity contribution in [2.24, 2.45) is 0 Å². The third-order valence-electron chi connectivity index (χ3n) is 2.72. The number of rotatable bonds is 4. The molecule has 0 aliphatic heterocycles. The SMILES string of the molecule is CCCCn1ccc2cccc(OC)c21. The van der Waals surface area contributed by atoms with Crippen molar-refractivity contribution in [1.29, 1.82) is 0 Å². The van der Waals surface area contributed by atoms with Crippen molar-refractivity contribution in [2.45, 2.75) is 26.3 Å². The smallest absolute Gasteiger partial charge is 0.143 e. The van der Waals surface area contributed by atoms with Gasteiger partial charge in [0.25, 0.3) is 0 Å². The Morgan fingerprint density at radius 2 is 2.13 bits per heavy atom. The van der Waals surface area contributed by atoms with Gasteiger partial charge in [-0.1, -0.05) is 25.5 Å². The van der Waals surface area contributed by atoms with Gasteiger partial charge < -0.3 is 9.30 Å². The second-order valence-electron chi connectivity index (χ2n) is 3.76. The Hall–Kier alpha value is -1.44. The van der Waals surface area contributed by atoms with E-state index in [4.69, 9.17) is 4.74 Å². The molecule has 1 heterocycles. The minimum atomic E-state index is 0.966. The molecule has 0 aliphatic rings. The Labute approximate surface area is 90.5 Å². The molecule has 2 nitrogen and oxygen atoms in total. The molecule has 0 fully saturated rings. The average molecular weight is 203 g/mol. The van der Waals surface area contributed by atoms with Crippen LogP contribution >= 0.6 is 0 Å². The van der Waals surface area contributed by atoms with E-state index < -0.39 is 0 Å². The molecule has 2 aromatic rings. The highest BCUT2D eigenvalue weighted by Crippen LogP contribution is 2.26. The normalized spacial score (nSPS) is 10.8. The number of aromatic nitrogens is 1. The van der Waals surface area contributed by atoms with Gasteiger partial charge in [-0.05, 0) is 18.6 Å². The predicted octanol–water partition coefficient (Wildman–Crippen LogP) is 3.45. The summed E-state index contributed by atoms with van der Waals surface area (Å²) in [5, 5.41) is 1.26. The van der Waals surface area contributed by atoms with Gasteiger partial charge in [-0.2, -0.15) is 0 Å². The van der Waals surface area contributed by atoms with E-state index in [1.807, 2.05) is 12.1 Å². The van der Waals surface area contributed by atoms with E-state index in [2.05, 4.69) is 29.8 Å². The molecule has 0 atom stereocenters. The quantitative estimate of drug-likeness (QED) is 0.742. The number of fused-ring (bicyclic) bond motifs is 1. The standard InChI is InChI=1S/C13H17NO/c1-3-4-9-14-10-8-11-6-5-7-12(15-2)13(11)14/h5-8,10H,3-4,9H2,1-2H3. The molecule has 0 unspecified atom stereocenters. The highest BCUT2D eigenvalue weighted by molar-refractivity contribution is 5.85. The number of nitrogens with zero attached hydrogens (tertiary/aromatic N) is 1.